The van der Waals surface area contributed by atoms with E-state index in [4.69, 9.17) is 19.9 Å². The lowest BCUT2D eigenvalue weighted by Crippen LogP contribution is -2.34. The fourth-order valence-corrected chi connectivity index (χ4v) is 3.51. The first kappa shape index (κ1) is 18.1. The highest BCUT2D eigenvalue weighted by Crippen LogP contribution is 2.26. The van der Waals surface area contributed by atoms with Gasteiger partial charge in [0, 0.05) is 12.6 Å². The molecule has 144 valence electrons. The zero-order valence-electron chi connectivity index (χ0n) is 15.4. The maximum absolute atomic E-state index is 5.92. The summed E-state index contributed by atoms with van der Waals surface area (Å²) in [6.07, 6.45) is 3.41. The molecule has 3 atom stereocenters. The van der Waals surface area contributed by atoms with E-state index in [9.17, 15) is 0 Å². The molecule has 3 unspecified atom stereocenters. The molecular formula is C21H27N3O3. The molecule has 0 spiro atoms. The second-order valence-electron chi connectivity index (χ2n) is 7.14. The van der Waals surface area contributed by atoms with Gasteiger partial charge in [0.05, 0.1) is 17.8 Å². The van der Waals surface area contributed by atoms with E-state index in [1.807, 2.05) is 36.4 Å². The van der Waals surface area contributed by atoms with E-state index in [0.717, 1.165) is 37.4 Å². The average molecular weight is 369 g/mol. The minimum atomic E-state index is 0.227. The minimum absolute atomic E-state index is 0.227. The topological polar surface area (TPSA) is 77.8 Å². The molecule has 6 nitrogen and oxygen atoms in total. The third-order valence-electron chi connectivity index (χ3n) is 5.08. The molecule has 0 saturated carbocycles. The van der Waals surface area contributed by atoms with Crippen LogP contribution in [0.3, 0.4) is 0 Å². The van der Waals surface area contributed by atoms with Crippen molar-refractivity contribution in [2.45, 2.75) is 37.5 Å². The van der Waals surface area contributed by atoms with Crippen molar-refractivity contribution in [2.75, 3.05) is 25.6 Å². The van der Waals surface area contributed by atoms with E-state index in [2.05, 4.69) is 23.0 Å². The molecule has 2 aliphatic heterocycles. The highest BCUT2D eigenvalue weighted by Gasteiger charge is 2.25. The summed E-state index contributed by atoms with van der Waals surface area (Å²) >= 11 is 0. The minimum Gasteiger partial charge on any atom is -0.491 e. The normalized spacial score (nSPS) is 24.8. The maximum Gasteiger partial charge on any atom is 0.142 e. The predicted molar refractivity (Wildman–Crippen MR) is 105 cm³/mol. The number of nitrogens with one attached hydrogen (secondary N) is 2. The van der Waals surface area contributed by atoms with Gasteiger partial charge < -0.3 is 19.9 Å². The molecule has 2 heterocycles. The van der Waals surface area contributed by atoms with Crippen LogP contribution in [0.1, 0.15) is 30.9 Å². The Balaban J connectivity index is 1.25. The Kier molecular flexibility index (Phi) is 5.77. The van der Waals surface area contributed by atoms with Crippen LogP contribution in [0.4, 0.5) is 5.69 Å². The Morgan fingerprint density at radius 2 is 1.85 bits per heavy atom. The van der Waals surface area contributed by atoms with Gasteiger partial charge in [-0.3, -0.25) is 5.43 Å². The van der Waals surface area contributed by atoms with Crippen LogP contribution in [0.5, 0.6) is 11.5 Å². The van der Waals surface area contributed by atoms with Gasteiger partial charge in [0.1, 0.15) is 24.7 Å². The molecule has 0 aliphatic carbocycles. The fourth-order valence-electron chi connectivity index (χ4n) is 3.51. The van der Waals surface area contributed by atoms with E-state index in [0.29, 0.717) is 18.9 Å². The number of ether oxygens (including phenoxy) is 3. The molecule has 4 rings (SSSR count). The maximum atomic E-state index is 5.92. The summed E-state index contributed by atoms with van der Waals surface area (Å²) in [5, 5.41) is 0. The van der Waals surface area contributed by atoms with Gasteiger partial charge in [0.2, 0.25) is 0 Å². The molecular weight excluding hydrogens is 342 g/mol. The second-order valence-corrected chi connectivity index (χ2v) is 7.14. The van der Waals surface area contributed by atoms with Crippen molar-refractivity contribution >= 4 is 5.69 Å². The third-order valence-corrected chi connectivity index (χ3v) is 5.08. The number of rotatable bonds is 7. The first-order valence-electron chi connectivity index (χ1n) is 9.60. The van der Waals surface area contributed by atoms with Crippen molar-refractivity contribution in [3.8, 4) is 11.5 Å². The van der Waals surface area contributed by atoms with Gasteiger partial charge in [-0.25, -0.2) is 5.43 Å². The molecule has 0 bridgehead atoms. The molecule has 6 heteroatoms. The van der Waals surface area contributed by atoms with E-state index >= 15 is 0 Å². The number of nitrogens with two attached hydrogens (primary N) is 1. The summed E-state index contributed by atoms with van der Waals surface area (Å²) in [5.74, 6) is 1.62. The predicted octanol–water partition coefficient (Wildman–Crippen LogP) is 2.81. The lowest BCUT2D eigenvalue weighted by molar-refractivity contribution is 0.0679. The molecule has 2 aromatic rings. The lowest BCUT2D eigenvalue weighted by Gasteiger charge is -2.14. The Bertz CT molecular complexity index is 732. The first-order valence-corrected chi connectivity index (χ1v) is 9.60. The summed E-state index contributed by atoms with van der Waals surface area (Å²) in [6, 6.07) is 16.3. The number of benzene rings is 2. The number of hydrogen-bond acceptors (Lipinski definition) is 6. The zero-order chi connectivity index (χ0) is 18.5. The molecule has 4 N–H and O–H groups in total. The molecule has 2 aliphatic rings. The summed E-state index contributed by atoms with van der Waals surface area (Å²) in [6.45, 7) is 2.06. The van der Waals surface area contributed by atoms with E-state index in [1.54, 1.807) is 0 Å². The quantitative estimate of drug-likeness (QED) is 0.652. The largest absolute Gasteiger partial charge is 0.491 e. The highest BCUT2D eigenvalue weighted by atomic mass is 16.5. The summed E-state index contributed by atoms with van der Waals surface area (Å²) in [7, 11) is 0. The van der Waals surface area contributed by atoms with Crippen molar-refractivity contribution in [3.63, 3.8) is 0 Å². The van der Waals surface area contributed by atoms with Gasteiger partial charge in [-0.05, 0) is 49.1 Å². The van der Waals surface area contributed by atoms with Crippen molar-refractivity contribution in [1.29, 1.82) is 0 Å². The van der Waals surface area contributed by atoms with Crippen LogP contribution in [0.2, 0.25) is 0 Å². The van der Waals surface area contributed by atoms with E-state index in [-0.39, 0.29) is 18.2 Å². The smallest absolute Gasteiger partial charge is 0.142 e. The van der Waals surface area contributed by atoms with Crippen LogP contribution >= 0.6 is 0 Å². The Morgan fingerprint density at radius 1 is 1.00 bits per heavy atom. The molecule has 0 radical (unpaired) electrons. The van der Waals surface area contributed by atoms with Crippen LogP contribution in [-0.2, 0) is 4.74 Å². The van der Waals surface area contributed by atoms with E-state index < -0.39 is 0 Å². The molecule has 27 heavy (non-hydrogen) atoms. The molecule has 2 saturated heterocycles. The standard InChI is InChI=1S/C21H27N3O3/c22-19-5-1-2-6-21(19)27-13-16-12-20(24-23-16)15-7-9-17(10-8-15)26-14-18-4-3-11-25-18/h1-2,5-10,16,18,20,23-24H,3-4,11-14,22H2. The Hall–Kier alpha value is -2.28. The van der Waals surface area contributed by atoms with Crippen LogP contribution in [-0.4, -0.2) is 32.0 Å². The Labute approximate surface area is 160 Å². The summed E-state index contributed by atoms with van der Waals surface area (Å²) < 4.78 is 17.3. The SMILES string of the molecule is Nc1ccccc1OCC1CC(c2ccc(OCC3CCCO3)cc2)NN1. The molecule has 2 aromatic carbocycles. The van der Waals surface area contributed by atoms with Crippen molar-refractivity contribution in [2.24, 2.45) is 0 Å². The molecule has 2 fully saturated rings. The molecule has 0 aromatic heterocycles. The number of hydrogen-bond donors (Lipinski definition) is 3. The van der Waals surface area contributed by atoms with Crippen LogP contribution in [0, 0.1) is 0 Å². The monoisotopic (exact) mass is 369 g/mol. The van der Waals surface area contributed by atoms with Crippen LogP contribution < -0.4 is 26.1 Å². The lowest BCUT2D eigenvalue weighted by atomic mass is 10.0. The average Bonchev–Trinajstić information content (AvgIpc) is 3.38. The van der Waals surface area contributed by atoms with Crippen molar-refractivity contribution in [3.05, 3.63) is 54.1 Å². The highest BCUT2D eigenvalue weighted by molar-refractivity contribution is 5.51. The van der Waals surface area contributed by atoms with Crippen molar-refractivity contribution in [1.82, 2.24) is 10.9 Å². The van der Waals surface area contributed by atoms with Gasteiger partial charge in [0.25, 0.3) is 0 Å². The zero-order valence-corrected chi connectivity index (χ0v) is 15.4. The number of hydrazine groups is 1. The fraction of sp³-hybridized carbons (Fsp3) is 0.429. The first-order chi connectivity index (χ1) is 13.3. The summed E-state index contributed by atoms with van der Waals surface area (Å²) in [5.41, 5.74) is 14.5. The molecule has 0 amide bonds. The summed E-state index contributed by atoms with van der Waals surface area (Å²) in [4.78, 5) is 0. The second kappa shape index (κ2) is 8.61. The van der Waals surface area contributed by atoms with Gasteiger partial charge in [-0.2, -0.15) is 0 Å². The van der Waals surface area contributed by atoms with Gasteiger partial charge in [0.15, 0.2) is 0 Å². The van der Waals surface area contributed by atoms with Gasteiger partial charge >= 0.3 is 0 Å². The number of nitrogen functional groups attached to an aromatic ring is 1. The van der Waals surface area contributed by atoms with Gasteiger partial charge in [-0.1, -0.05) is 24.3 Å². The number of para-hydroxylation sites is 2. The van der Waals surface area contributed by atoms with Crippen molar-refractivity contribution < 1.29 is 14.2 Å². The van der Waals surface area contributed by atoms with E-state index in [1.165, 1.54) is 5.56 Å². The van der Waals surface area contributed by atoms with Gasteiger partial charge in [-0.15, -0.1) is 0 Å². The van der Waals surface area contributed by atoms with Crippen LogP contribution in [0.25, 0.3) is 0 Å². The van der Waals surface area contributed by atoms with Crippen LogP contribution in [0.15, 0.2) is 48.5 Å². The Morgan fingerprint density at radius 3 is 2.63 bits per heavy atom. The third kappa shape index (κ3) is 4.71. The number of anilines is 1.